The maximum absolute atomic E-state index is 6.05. The van der Waals surface area contributed by atoms with Crippen molar-refractivity contribution in [2.75, 3.05) is 7.11 Å². The molecule has 0 aromatic heterocycles. The minimum Gasteiger partial charge on any atom is -0.381 e. The van der Waals surface area contributed by atoms with Gasteiger partial charge in [-0.15, -0.1) is 0 Å². The fourth-order valence-electron chi connectivity index (χ4n) is 2.98. The maximum Gasteiger partial charge on any atom is 0.0720 e. The van der Waals surface area contributed by atoms with E-state index in [-0.39, 0.29) is 0 Å². The van der Waals surface area contributed by atoms with Gasteiger partial charge in [-0.3, -0.25) is 0 Å². The van der Waals surface area contributed by atoms with Crippen LogP contribution >= 0.6 is 0 Å². The molecule has 2 saturated carbocycles. The second-order valence-corrected chi connectivity index (χ2v) is 6.43. The summed E-state index contributed by atoms with van der Waals surface area (Å²) in [5.74, 6) is 0. The fourth-order valence-corrected chi connectivity index (χ4v) is 2.98. The molecule has 21 heavy (non-hydrogen) atoms. The number of hydrogen-bond acceptors (Lipinski definition) is 3. The first kappa shape index (κ1) is 15.0. The molecule has 2 atom stereocenters. The number of hydrogen-bond donors (Lipinski definition) is 1. The average Bonchev–Trinajstić information content (AvgIpc) is 3.36. The van der Waals surface area contributed by atoms with E-state index in [2.05, 4.69) is 29.6 Å². The first-order valence-electron chi connectivity index (χ1n) is 8.29. The van der Waals surface area contributed by atoms with Crippen LogP contribution in [0.3, 0.4) is 0 Å². The summed E-state index contributed by atoms with van der Waals surface area (Å²) in [5.41, 5.74) is 2.63. The lowest BCUT2D eigenvalue weighted by Gasteiger charge is -2.28. The molecule has 0 spiro atoms. The Kier molecular flexibility index (Phi) is 5.28. The normalized spacial score (nSPS) is 26.0. The summed E-state index contributed by atoms with van der Waals surface area (Å²) in [4.78, 5) is 0. The first-order valence-corrected chi connectivity index (χ1v) is 8.29. The summed E-state index contributed by atoms with van der Waals surface area (Å²) in [6, 6.07) is 9.59. The van der Waals surface area contributed by atoms with E-state index in [1.807, 2.05) is 0 Å². The monoisotopic (exact) mass is 289 g/mol. The molecule has 0 heterocycles. The standard InChI is InChI=1S/C18H27NO2/c1-20-17-3-2-4-18(11-17)21-13-15-7-5-14(6-8-15)12-19-16-9-10-16/h5-8,16-19H,2-4,9-13H2,1H3. The summed E-state index contributed by atoms with van der Waals surface area (Å²) >= 11 is 0. The molecule has 1 aromatic carbocycles. The summed E-state index contributed by atoms with van der Waals surface area (Å²) < 4.78 is 11.5. The molecule has 116 valence electrons. The Bertz CT molecular complexity index is 427. The van der Waals surface area contributed by atoms with Crippen molar-refractivity contribution in [3.8, 4) is 0 Å². The second-order valence-electron chi connectivity index (χ2n) is 6.43. The minimum atomic E-state index is 0.361. The molecule has 2 fully saturated rings. The molecular weight excluding hydrogens is 262 g/mol. The Morgan fingerprint density at radius 1 is 1.00 bits per heavy atom. The van der Waals surface area contributed by atoms with Crippen LogP contribution in [-0.4, -0.2) is 25.4 Å². The molecule has 0 radical (unpaired) electrons. The molecule has 0 amide bonds. The van der Waals surface area contributed by atoms with Crippen LogP contribution < -0.4 is 5.32 Å². The maximum atomic E-state index is 6.05. The molecule has 2 unspecified atom stereocenters. The predicted molar refractivity (Wildman–Crippen MR) is 84.1 cm³/mol. The van der Waals surface area contributed by atoms with Crippen LogP contribution in [0.4, 0.5) is 0 Å². The minimum absolute atomic E-state index is 0.361. The third kappa shape index (κ3) is 4.80. The van der Waals surface area contributed by atoms with Crippen molar-refractivity contribution in [3.63, 3.8) is 0 Å². The van der Waals surface area contributed by atoms with Crippen LogP contribution in [0.25, 0.3) is 0 Å². The quantitative estimate of drug-likeness (QED) is 0.834. The van der Waals surface area contributed by atoms with E-state index in [1.54, 1.807) is 7.11 Å². The molecule has 1 N–H and O–H groups in total. The molecule has 1 aromatic rings. The van der Waals surface area contributed by atoms with Crippen LogP contribution in [-0.2, 0) is 22.6 Å². The van der Waals surface area contributed by atoms with Gasteiger partial charge >= 0.3 is 0 Å². The number of ether oxygens (including phenoxy) is 2. The van der Waals surface area contributed by atoms with Gasteiger partial charge < -0.3 is 14.8 Å². The predicted octanol–water partition coefficient (Wildman–Crippen LogP) is 3.41. The zero-order chi connectivity index (χ0) is 14.5. The van der Waals surface area contributed by atoms with Crippen molar-refractivity contribution in [1.29, 1.82) is 0 Å². The van der Waals surface area contributed by atoms with Crippen LogP contribution in [0.1, 0.15) is 49.7 Å². The van der Waals surface area contributed by atoms with Crippen LogP contribution in [0.2, 0.25) is 0 Å². The highest BCUT2D eigenvalue weighted by atomic mass is 16.5. The molecule has 2 aliphatic rings. The molecule has 0 saturated heterocycles. The van der Waals surface area contributed by atoms with E-state index >= 15 is 0 Å². The van der Waals surface area contributed by atoms with Gasteiger partial charge in [0.1, 0.15) is 0 Å². The molecular formula is C18H27NO2. The van der Waals surface area contributed by atoms with Gasteiger partial charge in [-0.05, 0) is 49.7 Å². The largest absolute Gasteiger partial charge is 0.381 e. The van der Waals surface area contributed by atoms with Crippen molar-refractivity contribution in [3.05, 3.63) is 35.4 Å². The lowest BCUT2D eigenvalue weighted by atomic mass is 9.95. The third-order valence-electron chi connectivity index (χ3n) is 4.59. The highest BCUT2D eigenvalue weighted by molar-refractivity contribution is 5.22. The van der Waals surface area contributed by atoms with Crippen LogP contribution in [0.15, 0.2) is 24.3 Å². The summed E-state index contributed by atoms with van der Waals surface area (Å²) in [6.45, 7) is 1.71. The van der Waals surface area contributed by atoms with Gasteiger partial charge in [-0.25, -0.2) is 0 Å². The van der Waals surface area contributed by atoms with Crippen molar-refractivity contribution < 1.29 is 9.47 Å². The number of nitrogens with one attached hydrogen (secondary N) is 1. The summed E-state index contributed by atoms with van der Waals surface area (Å²) in [6.07, 6.45) is 8.04. The first-order chi connectivity index (χ1) is 10.3. The van der Waals surface area contributed by atoms with E-state index in [0.717, 1.165) is 25.6 Å². The summed E-state index contributed by atoms with van der Waals surface area (Å²) in [5, 5.41) is 3.54. The highest BCUT2D eigenvalue weighted by Crippen LogP contribution is 2.24. The van der Waals surface area contributed by atoms with E-state index in [1.165, 1.54) is 43.2 Å². The smallest absolute Gasteiger partial charge is 0.0720 e. The average molecular weight is 289 g/mol. The molecule has 3 rings (SSSR count). The lowest BCUT2D eigenvalue weighted by molar-refractivity contribution is -0.0363. The zero-order valence-corrected chi connectivity index (χ0v) is 13.0. The Morgan fingerprint density at radius 2 is 1.71 bits per heavy atom. The zero-order valence-electron chi connectivity index (χ0n) is 13.0. The van der Waals surface area contributed by atoms with Gasteiger partial charge in [0, 0.05) is 19.7 Å². The van der Waals surface area contributed by atoms with Crippen LogP contribution in [0.5, 0.6) is 0 Å². The fraction of sp³-hybridized carbons (Fsp3) is 0.667. The van der Waals surface area contributed by atoms with E-state index in [4.69, 9.17) is 9.47 Å². The van der Waals surface area contributed by atoms with Crippen molar-refractivity contribution >= 4 is 0 Å². The van der Waals surface area contributed by atoms with Gasteiger partial charge in [0.15, 0.2) is 0 Å². The molecule has 3 nitrogen and oxygen atoms in total. The van der Waals surface area contributed by atoms with Crippen LogP contribution in [0, 0.1) is 0 Å². The topological polar surface area (TPSA) is 30.5 Å². The van der Waals surface area contributed by atoms with E-state index < -0.39 is 0 Å². The highest BCUT2D eigenvalue weighted by Gasteiger charge is 2.22. The van der Waals surface area contributed by atoms with Gasteiger partial charge in [0.2, 0.25) is 0 Å². The van der Waals surface area contributed by atoms with Crippen molar-refractivity contribution in [1.82, 2.24) is 5.32 Å². The van der Waals surface area contributed by atoms with E-state index in [9.17, 15) is 0 Å². The second kappa shape index (κ2) is 7.39. The molecule has 3 heteroatoms. The Morgan fingerprint density at radius 3 is 2.43 bits per heavy atom. The van der Waals surface area contributed by atoms with Gasteiger partial charge in [-0.2, -0.15) is 0 Å². The Labute approximate surface area is 128 Å². The molecule has 0 bridgehead atoms. The number of benzene rings is 1. The number of rotatable bonds is 7. The third-order valence-corrected chi connectivity index (χ3v) is 4.59. The SMILES string of the molecule is COC1CCCC(OCc2ccc(CNC3CC3)cc2)C1. The number of methoxy groups -OCH3 is 1. The lowest BCUT2D eigenvalue weighted by Crippen LogP contribution is -2.27. The Balaban J connectivity index is 1.41. The molecule has 0 aliphatic heterocycles. The van der Waals surface area contributed by atoms with Crippen molar-refractivity contribution in [2.45, 2.75) is 69.9 Å². The summed E-state index contributed by atoms with van der Waals surface area (Å²) in [7, 11) is 1.81. The Hall–Kier alpha value is -0.900. The van der Waals surface area contributed by atoms with Gasteiger partial charge in [0.05, 0.1) is 18.8 Å². The van der Waals surface area contributed by atoms with Crippen molar-refractivity contribution in [2.24, 2.45) is 0 Å². The van der Waals surface area contributed by atoms with Gasteiger partial charge in [0.25, 0.3) is 0 Å². The van der Waals surface area contributed by atoms with E-state index in [0.29, 0.717) is 12.2 Å². The van der Waals surface area contributed by atoms with Gasteiger partial charge in [-0.1, -0.05) is 24.3 Å². The molecule has 2 aliphatic carbocycles.